The molecule has 1 N–H and O–H groups in total. The SMILES string of the molecule is CCC(C)N1CC(CC(=O)OC)CC(NC(=O)C(C)(C)C)C1. The molecule has 128 valence electrons. The van der Waals surface area contributed by atoms with Gasteiger partial charge in [0.15, 0.2) is 0 Å². The molecule has 0 aromatic carbocycles. The summed E-state index contributed by atoms with van der Waals surface area (Å²) in [5, 5.41) is 3.16. The van der Waals surface area contributed by atoms with Crippen LogP contribution in [0.1, 0.15) is 53.9 Å². The second-order valence-corrected chi connectivity index (χ2v) is 7.51. The van der Waals surface area contributed by atoms with Gasteiger partial charge < -0.3 is 10.1 Å². The van der Waals surface area contributed by atoms with Crippen LogP contribution in [-0.4, -0.2) is 49.1 Å². The highest BCUT2D eigenvalue weighted by Gasteiger charge is 2.33. The van der Waals surface area contributed by atoms with E-state index in [1.165, 1.54) is 7.11 Å². The molecule has 1 fully saturated rings. The van der Waals surface area contributed by atoms with Gasteiger partial charge in [-0.2, -0.15) is 0 Å². The Morgan fingerprint density at radius 2 is 1.95 bits per heavy atom. The fourth-order valence-electron chi connectivity index (χ4n) is 2.83. The number of carbonyl (C=O) groups excluding carboxylic acids is 2. The normalized spacial score (nSPS) is 24.6. The molecular weight excluding hydrogens is 280 g/mol. The quantitative estimate of drug-likeness (QED) is 0.791. The average Bonchev–Trinajstić information content (AvgIpc) is 2.44. The molecule has 5 heteroatoms. The Morgan fingerprint density at radius 1 is 1.32 bits per heavy atom. The van der Waals surface area contributed by atoms with E-state index in [-0.39, 0.29) is 23.8 Å². The van der Waals surface area contributed by atoms with Crippen molar-refractivity contribution in [3.63, 3.8) is 0 Å². The summed E-state index contributed by atoms with van der Waals surface area (Å²) in [4.78, 5) is 26.2. The van der Waals surface area contributed by atoms with Crippen LogP contribution in [0.25, 0.3) is 0 Å². The number of nitrogens with zero attached hydrogens (tertiary/aromatic N) is 1. The van der Waals surface area contributed by atoms with Gasteiger partial charge >= 0.3 is 5.97 Å². The minimum absolute atomic E-state index is 0.0697. The molecule has 0 radical (unpaired) electrons. The molecule has 3 unspecified atom stereocenters. The number of carbonyl (C=O) groups is 2. The Hall–Kier alpha value is -1.10. The molecule has 0 bridgehead atoms. The third kappa shape index (κ3) is 5.59. The zero-order valence-corrected chi connectivity index (χ0v) is 14.9. The highest BCUT2D eigenvalue weighted by Crippen LogP contribution is 2.24. The summed E-state index contributed by atoms with van der Waals surface area (Å²) >= 11 is 0. The van der Waals surface area contributed by atoms with Crippen LogP contribution in [0.15, 0.2) is 0 Å². The lowest BCUT2D eigenvalue weighted by molar-refractivity contribution is -0.142. The first-order chi connectivity index (χ1) is 10.2. The van der Waals surface area contributed by atoms with E-state index < -0.39 is 5.41 Å². The molecule has 1 rings (SSSR count). The predicted molar refractivity (Wildman–Crippen MR) is 87.5 cm³/mol. The number of esters is 1. The number of piperidine rings is 1. The molecule has 1 heterocycles. The van der Waals surface area contributed by atoms with Crippen molar-refractivity contribution in [1.29, 1.82) is 0 Å². The molecule has 1 amide bonds. The Labute approximate surface area is 134 Å². The fraction of sp³-hybridized carbons (Fsp3) is 0.882. The molecule has 0 aliphatic carbocycles. The van der Waals surface area contributed by atoms with E-state index >= 15 is 0 Å². The van der Waals surface area contributed by atoms with Gasteiger partial charge in [-0.1, -0.05) is 27.7 Å². The van der Waals surface area contributed by atoms with Crippen molar-refractivity contribution in [3.05, 3.63) is 0 Å². The number of methoxy groups -OCH3 is 1. The first kappa shape index (κ1) is 18.9. The van der Waals surface area contributed by atoms with Crippen LogP contribution in [0.3, 0.4) is 0 Å². The molecule has 1 saturated heterocycles. The number of ether oxygens (including phenoxy) is 1. The lowest BCUT2D eigenvalue weighted by Gasteiger charge is -2.41. The van der Waals surface area contributed by atoms with Crippen LogP contribution in [-0.2, 0) is 14.3 Å². The molecule has 1 aliphatic heterocycles. The molecule has 0 aromatic heterocycles. The summed E-state index contributed by atoms with van der Waals surface area (Å²) in [5.74, 6) is 0.137. The number of rotatable bonds is 5. The van der Waals surface area contributed by atoms with Gasteiger partial charge in [-0.25, -0.2) is 0 Å². The van der Waals surface area contributed by atoms with Crippen LogP contribution in [0, 0.1) is 11.3 Å². The van der Waals surface area contributed by atoms with E-state index in [2.05, 4.69) is 24.1 Å². The Bertz CT molecular complexity index is 390. The molecule has 1 aliphatic rings. The summed E-state index contributed by atoms with van der Waals surface area (Å²) in [5.41, 5.74) is -0.392. The summed E-state index contributed by atoms with van der Waals surface area (Å²) in [6.45, 7) is 11.9. The van der Waals surface area contributed by atoms with Gasteiger partial charge in [0, 0.05) is 37.0 Å². The molecule has 22 heavy (non-hydrogen) atoms. The Kier molecular flexibility index (Phi) is 6.85. The summed E-state index contributed by atoms with van der Waals surface area (Å²) in [7, 11) is 1.43. The van der Waals surface area contributed by atoms with Crippen molar-refractivity contribution in [2.24, 2.45) is 11.3 Å². The van der Waals surface area contributed by atoms with Gasteiger partial charge in [-0.05, 0) is 25.7 Å². The second-order valence-electron chi connectivity index (χ2n) is 7.51. The molecule has 0 saturated carbocycles. The average molecular weight is 312 g/mol. The standard InChI is InChI=1S/C17H32N2O3/c1-7-12(2)19-10-13(9-15(20)22-6)8-14(11-19)18-16(21)17(3,4)5/h12-14H,7-11H2,1-6H3,(H,18,21). The van der Waals surface area contributed by atoms with Crippen LogP contribution in [0.2, 0.25) is 0 Å². The van der Waals surface area contributed by atoms with E-state index in [1.807, 2.05) is 20.8 Å². The van der Waals surface area contributed by atoms with Crippen LogP contribution in [0.4, 0.5) is 0 Å². The lowest BCUT2D eigenvalue weighted by Crippen LogP contribution is -2.55. The topological polar surface area (TPSA) is 58.6 Å². The minimum Gasteiger partial charge on any atom is -0.469 e. The van der Waals surface area contributed by atoms with Crippen molar-refractivity contribution in [3.8, 4) is 0 Å². The summed E-state index contributed by atoms with van der Waals surface area (Å²) in [6, 6.07) is 0.554. The monoisotopic (exact) mass is 312 g/mol. The number of hydrogen-bond acceptors (Lipinski definition) is 4. The maximum absolute atomic E-state index is 12.2. The highest BCUT2D eigenvalue weighted by molar-refractivity contribution is 5.81. The van der Waals surface area contributed by atoms with Gasteiger partial charge in [0.25, 0.3) is 0 Å². The zero-order valence-electron chi connectivity index (χ0n) is 14.9. The van der Waals surface area contributed by atoms with Crippen molar-refractivity contribution in [1.82, 2.24) is 10.2 Å². The van der Waals surface area contributed by atoms with Crippen molar-refractivity contribution in [2.75, 3.05) is 20.2 Å². The van der Waals surface area contributed by atoms with Gasteiger partial charge in [0.1, 0.15) is 0 Å². The van der Waals surface area contributed by atoms with E-state index in [0.29, 0.717) is 12.5 Å². The highest BCUT2D eigenvalue weighted by atomic mass is 16.5. The predicted octanol–water partition coefficient (Wildman–Crippen LogP) is 2.20. The first-order valence-corrected chi connectivity index (χ1v) is 8.29. The van der Waals surface area contributed by atoms with Crippen LogP contribution < -0.4 is 5.32 Å². The molecule has 0 aromatic rings. The molecule has 5 nitrogen and oxygen atoms in total. The number of hydrogen-bond donors (Lipinski definition) is 1. The smallest absolute Gasteiger partial charge is 0.305 e. The number of nitrogens with one attached hydrogen (secondary N) is 1. The van der Waals surface area contributed by atoms with Gasteiger partial charge in [0.2, 0.25) is 5.91 Å². The van der Waals surface area contributed by atoms with Gasteiger partial charge in [0.05, 0.1) is 7.11 Å². The fourth-order valence-corrected chi connectivity index (χ4v) is 2.83. The molecular formula is C17H32N2O3. The zero-order chi connectivity index (χ0) is 16.9. The Morgan fingerprint density at radius 3 is 2.45 bits per heavy atom. The van der Waals surface area contributed by atoms with E-state index in [4.69, 9.17) is 4.74 Å². The van der Waals surface area contributed by atoms with Gasteiger partial charge in [-0.15, -0.1) is 0 Å². The minimum atomic E-state index is -0.392. The Balaban J connectivity index is 2.74. The van der Waals surface area contributed by atoms with E-state index in [0.717, 1.165) is 25.9 Å². The van der Waals surface area contributed by atoms with Gasteiger partial charge in [-0.3, -0.25) is 14.5 Å². The first-order valence-electron chi connectivity index (χ1n) is 8.29. The largest absolute Gasteiger partial charge is 0.469 e. The van der Waals surface area contributed by atoms with Crippen molar-refractivity contribution in [2.45, 2.75) is 66.0 Å². The lowest BCUT2D eigenvalue weighted by atomic mass is 9.88. The van der Waals surface area contributed by atoms with Crippen LogP contribution >= 0.6 is 0 Å². The third-order valence-electron chi connectivity index (χ3n) is 4.48. The van der Waals surface area contributed by atoms with E-state index in [1.54, 1.807) is 0 Å². The van der Waals surface area contributed by atoms with Crippen molar-refractivity contribution >= 4 is 11.9 Å². The summed E-state index contributed by atoms with van der Waals surface area (Å²) < 4.78 is 4.80. The number of amides is 1. The van der Waals surface area contributed by atoms with E-state index in [9.17, 15) is 9.59 Å². The number of likely N-dealkylation sites (tertiary alicyclic amines) is 1. The molecule has 0 spiro atoms. The van der Waals surface area contributed by atoms with Crippen LogP contribution in [0.5, 0.6) is 0 Å². The third-order valence-corrected chi connectivity index (χ3v) is 4.48. The summed E-state index contributed by atoms with van der Waals surface area (Å²) in [6.07, 6.45) is 2.32. The second kappa shape index (κ2) is 7.95. The van der Waals surface area contributed by atoms with Crippen molar-refractivity contribution < 1.29 is 14.3 Å². The molecule has 3 atom stereocenters. The maximum atomic E-state index is 12.2. The maximum Gasteiger partial charge on any atom is 0.305 e.